The van der Waals surface area contributed by atoms with Gasteiger partial charge in [-0.25, -0.2) is 4.79 Å². The van der Waals surface area contributed by atoms with Crippen LogP contribution in [0.25, 0.3) is 22.2 Å². The second kappa shape index (κ2) is 8.09. The summed E-state index contributed by atoms with van der Waals surface area (Å²) in [5.74, 6) is -1.02. The number of aromatic nitrogens is 1. The minimum atomic E-state index is -0.533. The minimum absolute atomic E-state index is 0.0532. The number of ether oxygens (including phenoxy) is 1. The normalized spacial score (nSPS) is 16.8. The topological polar surface area (TPSA) is 60.3 Å². The maximum atomic E-state index is 13.7. The van der Waals surface area contributed by atoms with E-state index >= 15 is 0 Å². The standard InChI is InChI=1S/C31H26N2O3/c1-17-15-25(19(3)33(17)22-14-13-20-9-5-6-10-21(20)16-22)27-26(31(35)36-4)18(2)32-29-23-11-7-8-12-24(23)30(34)28(27)29/h5-16,27,32H,1-4H3/t27-/m1/s1. The number of methoxy groups -OCH3 is 1. The van der Waals surface area contributed by atoms with E-state index in [4.69, 9.17) is 4.74 Å². The van der Waals surface area contributed by atoms with Gasteiger partial charge < -0.3 is 14.6 Å². The molecule has 1 aliphatic heterocycles. The number of hydrogen-bond donors (Lipinski definition) is 1. The summed E-state index contributed by atoms with van der Waals surface area (Å²) in [4.78, 5) is 26.8. The number of fused-ring (bicyclic) bond motifs is 3. The van der Waals surface area contributed by atoms with Crippen LogP contribution in [0.15, 0.2) is 89.6 Å². The number of dihydropyridines is 1. The molecule has 5 nitrogen and oxygen atoms in total. The van der Waals surface area contributed by atoms with Gasteiger partial charge in [-0.3, -0.25) is 4.79 Å². The van der Waals surface area contributed by atoms with E-state index in [1.807, 2.05) is 43.3 Å². The summed E-state index contributed by atoms with van der Waals surface area (Å²) in [6, 6.07) is 24.4. The molecule has 1 aromatic heterocycles. The first-order valence-electron chi connectivity index (χ1n) is 12.0. The molecule has 3 aromatic carbocycles. The zero-order valence-electron chi connectivity index (χ0n) is 20.7. The lowest BCUT2D eigenvalue weighted by Gasteiger charge is -2.29. The molecule has 0 fully saturated rings. The van der Waals surface area contributed by atoms with E-state index in [1.165, 1.54) is 12.5 Å². The SMILES string of the molecule is COC(=O)C1=C(C)NC2=C(C(=O)c3ccccc32)[C@@H]1c1cc(C)n(-c2ccc3ccccc3c2)c1C. The highest BCUT2D eigenvalue weighted by molar-refractivity contribution is 6.23. The molecule has 4 aromatic rings. The molecule has 0 amide bonds. The lowest BCUT2D eigenvalue weighted by molar-refractivity contribution is -0.136. The number of Topliss-reactive ketones (excluding diaryl/α,β-unsaturated/α-hetero) is 1. The number of benzene rings is 3. The van der Waals surface area contributed by atoms with Crippen LogP contribution in [0.2, 0.25) is 0 Å². The fraction of sp³-hybridized carbons (Fsp3) is 0.161. The van der Waals surface area contributed by atoms with Gasteiger partial charge in [-0.1, -0.05) is 54.6 Å². The first-order valence-corrected chi connectivity index (χ1v) is 12.0. The van der Waals surface area contributed by atoms with Crippen molar-refractivity contribution in [2.45, 2.75) is 26.7 Å². The molecular formula is C31H26N2O3. The van der Waals surface area contributed by atoms with Crippen molar-refractivity contribution in [3.63, 3.8) is 0 Å². The van der Waals surface area contributed by atoms with Crippen LogP contribution in [-0.4, -0.2) is 23.4 Å². The molecule has 0 saturated heterocycles. The van der Waals surface area contributed by atoms with E-state index in [0.29, 0.717) is 22.4 Å². The zero-order chi connectivity index (χ0) is 25.1. The summed E-state index contributed by atoms with van der Waals surface area (Å²) in [5.41, 5.74) is 8.05. The molecule has 0 unspecified atom stereocenters. The predicted molar refractivity (Wildman–Crippen MR) is 141 cm³/mol. The van der Waals surface area contributed by atoms with Gasteiger partial charge in [0.25, 0.3) is 0 Å². The Kier molecular flexibility index (Phi) is 4.97. The highest BCUT2D eigenvalue weighted by atomic mass is 16.5. The van der Waals surface area contributed by atoms with Crippen molar-refractivity contribution < 1.29 is 14.3 Å². The number of ketones is 1. The third-order valence-corrected chi connectivity index (χ3v) is 7.43. The van der Waals surface area contributed by atoms with Crippen molar-refractivity contribution in [3.05, 3.63) is 118 Å². The number of carbonyl (C=O) groups excluding carboxylic acids is 2. The van der Waals surface area contributed by atoms with Gasteiger partial charge in [0.15, 0.2) is 5.78 Å². The van der Waals surface area contributed by atoms with Crippen molar-refractivity contribution in [3.8, 4) is 5.69 Å². The molecule has 0 spiro atoms. The Hall–Kier alpha value is -4.38. The number of carbonyl (C=O) groups is 2. The Balaban J connectivity index is 1.57. The van der Waals surface area contributed by atoms with Crippen LogP contribution in [0, 0.1) is 13.8 Å². The van der Waals surface area contributed by atoms with E-state index in [1.54, 1.807) is 0 Å². The number of allylic oxidation sites excluding steroid dienone is 2. The molecule has 36 heavy (non-hydrogen) atoms. The molecule has 0 saturated carbocycles. The van der Waals surface area contributed by atoms with E-state index < -0.39 is 11.9 Å². The number of nitrogens with zero attached hydrogens (tertiary/aromatic N) is 1. The van der Waals surface area contributed by atoms with Gasteiger partial charge in [-0.05, 0) is 55.3 Å². The Bertz CT molecular complexity index is 1670. The quantitative estimate of drug-likeness (QED) is 0.371. The largest absolute Gasteiger partial charge is 0.466 e. The van der Waals surface area contributed by atoms with Gasteiger partial charge in [-0.2, -0.15) is 0 Å². The first kappa shape index (κ1) is 22.1. The van der Waals surface area contributed by atoms with Crippen molar-refractivity contribution in [1.29, 1.82) is 0 Å². The Morgan fingerprint density at radius 3 is 2.33 bits per heavy atom. The van der Waals surface area contributed by atoms with Crippen LogP contribution in [0.1, 0.15) is 45.7 Å². The maximum Gasteiger partial charge on any atom is 0.336 e. The number of aryl methyl sites for hydroxylation is 1. The molecular weight excluding hydrogens is 448 g/mol. The fourth-order valence-corrected chi connectivity index (χ4v) is 5.81. The van der Waals surface area contributed by atoms with E-state index in [2.05, 4.69) is 60.1 Å². The first-order chi connectivity index (χ1) is 17.4. The number of rotatable bonds is 3. The molecule has 1 atom stereocenters. The molecule has 0 bridgehead atoms. The predicted octanol–water partition coefficient (Wildman–Crippen LogP) is 5.99. The van der Waals surface area contributed by atoms with E-state index in [-0.39, 0.29) is 5.78 Å². The van der Waals surface area contributed by atoms with Crippen LogP contribution in [-0.2, 0) is 9.53 Å². The van der Waals surface area contributed by atoms with Gasteiger partial charge in [0.1, 0.15) is 0 Å². The van der Waals surface area contributed by atoms with Crippen molar-refractivity contribution in [2.75, 3.05) is 7.11 Å². The minimum Gasteiger partial charge on any atom is -0.466 e. The summed E-state index contributed by atoms with van der Waals surface area (Å²) in [6.07, 6.45) is 0. The number of esters is 1. The van der Waals surface area contributed by atoms with Crippen molar-refractivity contribution >= 4 is 28.2 Å². The molecule has 2 heterocycles. The third-order valence-electron chi connectivity index (χ3n) is 7.43. The van der Waals surface area contributed by atoms with Gasteiger partial charge >= 0.3 is 5.97 Å². The van der Waals surface area contributed by atoms with E-state index in [0.717, 1.165) is 39.3 Å². The van der Waals surface area contributed by atoms with Crippen LogP contribution in [0.4, 0.5) is 0 Å². The molecule has 6 rings (SSSR count). The summed E-state index contributed by atoms with van der Waals surface area (Å²) < 4.78 is 7.40. The van der Waals surface area contributed by atoms with Crippen molar-refractivity contribution in [2.24, 2.45) is 0 Å². The van der Waals surface area contributed by atoms with Gasteiger partial charge in [-0.15, -0.1) is 0 Å². The molecule has 5 heteroatoms. The van der Waals surface area contributed by atoms with Gasteiger partial charge in [0.05, 0.1) is 24.3 Å². The highest BCUT2D eigenvalue weighted by Crippen LogP contribution is 2.48. The van der Waals surface area contributed by atoms with Gasteiger partial charge in [0.2, 0.25) is 0 Å². The molecule has 1 aliphatic carbocycles. The second-order valence-corrected chi connectivity index (χ2v) is 9.44. The average molecular weight is 475 g/mol. The third kappa shape index (κ3) is 3.09. The number of hydrogen-bond acceptors (Lipinski definition) is 4. The Morgan fingerprint density at radius 2 is 1.58 bits per heavy atom. The van der Waals surface area contributed by atoms with Crippen LogP contribution >= 0.6 is 0 Å². The lowest BCUT2D eigenvalue weighted by Crippen LogP contribution is -2.29. The highest BCUT2D eigenvalue weighted by Gasteiger charge is 2.43. The molecule has 1 N–H and O–H groups in total. The lowest BCUT2D eigenvalue weighted by atomic mass is 9.79. The average Bonchev–Trinajstić information content (AvgIpc) is 3.35. The Labute approximate surface area is 209 Å². The van der Waals surface area contributed by atoms with Crippen LogP contribution in [0.3, 0.4) is 0 Å². The molecule has 0 radical (unpaired) electrons. The summed E-state index contributed by atoms with van der Waals surface area (Å²) in [5, 5.41) is 5.69. The summed E-state index contributed by atoms with van der Waals surface area (Å²) in [7, 11) is 1.38. The van der Waals surface area contributed by atoms with Gasteiger partial charge in [0, 0.05) is 39.5 Å². The molecule has 2 aliphatic rings. The van der Waals surface area contributed by atoms with E-state index in [9.17, 15) is 9.59 Å². The summed E-state index contributed by atoms with van der Waals surface area (Å²) >= 11 is 0. The molecule has 178 valence electrons. The van der Waals surface area contributed by atoms with Crippen LogP contribution < -0.4 is 5.32 Å². The monoisotopic (exact) mass is 474 g/mol. The zero-order valence-corrected chi connectivity index (χ0v) is 20.7. The second-order valence-electron chi connectivity index (χ2n) is 9.44. The number of nitrogens with one attached hydrogen (secondary N) is 1. The van der Waals surface area contributed by atoms with Crippen LogP contribution in [0.5, 0.6) is 0 Å². The Morgan fingerprint density at radius 1 is 0.889 bits per heavy atom. The smallest absolute Gasteiger partial charge is 0.336 e. The van der Waals surface area contributed by atoms with Crippen molar-refractivity contribution in [1.82, 2.24) is 9.88 Å². The summed E-state index contributed by atoms with van der Waals surface area (Å²) in [6.45, 7) is 5.98. The maximum absolute atomic E-state index is 13.7. The fourth-order valence-electron chi connectivity index (χ4n) is 5.81.